The first-order valence-electron chi connectivity index (χ1n) is 17.0. The van der Waals surface area contributed by atoms with E-state index in [9.17, 15) is 45.6 Å². The number of carbonyl (C=O) groups excluding carboxylic acids is 6. The van der Waals surface area contributed by atoms with Crippen LogP contribution >= 0.6 is 22.7 Å². The average Bonchev–Trinajstić information content (AvgIpc) is 3.98. The Morgan fingerprint density at radius 2 is 0.983 bits per heavy atom. The fraction of sp³-hybridized carbons (Fsp3) is 0.278. The first-order valence-corrected chi connectivity index (χ1v) is 22.9. The average molecular weight is 873 g/mol. The molecule has 18 nitrogen and oxygen atoms in total. The monoisotopic (exact) mass is 872 g/mol. The van der Waals surface area contributed by atoms with Gasteiger partial charge in [0.15, 0.2) is 23.0 Å². The van der Waals surface area contributed by atoms with Crippen LogP contribution in [0, 0.1) is 0 Å². The Labute approximate surface area is 338 Å². The Hall–Kier alpha value is -5.84. The minimum Gasteiger partial charge on any atom is -0.454 e. The molecule has 0 unspecified atom stereocenters. The number of rotatable bonds is 10. The van der Waals surface area contributed by atoms with Crippen LogP contribution < -0.4 is 29.6 Å². The van der Waals surface area contributed by atoms with Crippen molar-refractivity contribution in [2.75, 3.05) is 48.2 Å². The highest BCUT2D eigenvalue weighted by molar-refractivity contribution is 7.90. The topological polar surface area (TPSA) is 238 Å². The number of hydrogen-bond donors (Lipinski definition) is 2. The van der Waals surface area contributed by atoms with E-state index in [1.54, 1.807) is 36.4 Å². The number of anilines is 2. The standard InChI is InChI=1S/2C18H16N2O7S2/c2*1-9(21)19-16-15-11(6-28-16)17(22)20(18(15)23)12(7-29(2,24)25)10-3-4-13-14(5-10)27-8-26-13/h2*3-6,12H,7-8H2,1-2H3,(H,19,21)/t2*12-/m10/s1. The van der Waals surface area contributed by atoms with E-state index < -0.39 is 66.9 Å². The Morgan fingerprint density at radius 3 is 1.33 bits per heavy atom. The van der Waals surface area contributed by atoms with Crippen molar-refractivity contribution < 1.29 is 64.6 Å². The summed E-state index contributed by atoms with van der Waals surface area (Å²) in [5, 5.41) is 8.58. The van der Waals surface area contributed by atoms with Crippen LogP contribution in [0.25, 0.3) is 0 Å². The highest BCUT2D eigenvalue weighted by Crippen LogP contribution is 2.43. The number of hydrogen-bond acceptors (Lipinski definition) is 16. The van der Waals surface area contributed by atoms with E-state index in [4.69, 9.17) is 18.9 Å². The summed E-state index contributed by atoms with van der Waals surface area (Å²) in [4.78, 5) is 76.9. The van der Waals surface area contributed by atoms with E-state index in [-0.39, 0.29) is 57.7 Å². The molecule has 8 rings (SSSR count). The summed E-state index contributed by atoms with van der Waals surface area (Å²) >= 11 is 2.14. The molecule has 0 radical (unpaired) electrons. The third-order valence-electron chi connectivity index (χ3n) is 9.03. The van der Waals surface area contributed by atoms with Crippen molar-refractivity contribution >= 4 is 87.8 Å². The highest BCUT2D eigenvalue weighted by Gasteiger charge is 2.46. The van der Waals surface area contributed by atoms with E-state index in [1.807, 2.05) is 0 Å². The van der Waals surface area contributed by atoms with Crippen LogP contribution in [0.3, 0.4) is 0 Å². The fourth-order valence-electron chi connectivity index (χ4n) is 6.66. The molecule has 2 N–H and O–H groups in total. The number of ether oxygens (including phenoxy) is 4. The molecule has 2 aromatic carbocycles. The molecule has 58 heavy (non-hydrogen) atoms. The molecule has 6 heterocycles. The summed E-state index contributed by atoms with van der Waals surface area (Å²) < 4.78 is 69.5. The van der Waals surface area contributed by atoms with Crippen LogP contribution in [-0.4, -0.2) is 99.7 Å². The summed E-state index contributed by atoms with van der Waals surface area (Å²) in [6, 6.07) is 7.45. The quantitative estimate of drug-likeness (QED) is 0.217. The second-order valence-electron chi connectivity index (χ2n) is 13.5. The van der Waals surface area contributed by atoms with Crippen LogP contribution in [0.2, 0.25) is 0 Å². The second-order valence-corrected chi connectivity index (χ2v) is 19.6. The molecule has 6 amide bonds. The summed E-state index contributed by atoms with van der Waals surface area (Å²) in [6.45, 7) is 2.66. The van der Waals surface area contributed by atoms with Gasteiger partial charge in [0.1, 0.15) is 29.7 Å². The van der Waals surface area contributed by atoms with Crippen LogP contribution in [-0.2, 0) is 29.3 Å². The molecule has 0 aliphatic carbocycles. The lowest BCUT2D eigenvalue weighted by Crippen LogP contribution is -2.38. The zero-order valence-corrected chi connectivity index (χ0v) is 34.1. The zero-order chi connectivity index (χ0) is 41.8. The molecular weight excluding hydrogens is 841 g/mol. The minimum absolute atomic E-state index is 0.0359. The number of amides is 6. The van der Waals surface area contributed by atoms with Gasteiger partial charge in [0.25, 0.3) is 23.6 Å². The van der Waals surface area contributed by atoms with Crippen molar-refractivity contribution in [2.24, 2.45) is 0 Å². The van der Waals surface area contributed by atoms with E-state index in [0.29, 0.717) is 34.1 Å². The molecule has 0 saturated carbocycles. The lowest BCUT2D eigenvalue weighted by Gasteiger charge is -2.26. The minimum atomic E-state index is -3.55. The van der Waals surface area contributed by atoms with Crippen molar-refractivity contribution in [1.82, 2.24) is 9.80 Å². The third kappa shape index (κ3) is 7.86. The molecule has 304 valence electrons. The number of carbonyl (C=O) groups is 6. The maximum Gasteiger partial charge on any atom is 0.265 e. The molecule has 4 aliphatic rings. The number of imide groups is 2. The van der Waals surface area contributed by atoms with E-state index in [2.05, 4.69) is 10.6 Å². The Morgan fingerprint density at radius 1 is 0.621 bits per heavy atom. The van der Waals surface area contributed by atoms with Crippen molar-refractivity contribution in [3.8, 4) is 23.0 Å². The lowest BCUT2D eigenvalue weighted by molar-refractivity contribution is -0.115. The van der Waals surface area contributed by atoms with Gasteiger partial charge >= 0.3 is 0 Å². The SMILES string of the molecule is CC(=O)Nc1scc2c1C(=O)N([C@@H](CS(C)(=O)=O)c1ccc3c(c1)OCO3)C2=O.CC(=O)Nc1scc2c1C(=O)N([C@H](CS(C)(=O)=O)c1ccc3c(c1)OCO3)C2=O. The van der Waals surface area contributed by atoms with Gasteiger partial charge in [0.2, 0.25) is 25.4 Å². The first kappa shape index (κ1) is 40.4. The molecule has 0 bridgehead atoms. The van der Waals surface area contributed by atoms with Gasteiger partial charge in [-0.05, 0) is 35.4 Å². The van der Waals surface area contributed by atoms with E-state index in [1.165, 1.54) is 24.6 Å². The van der Waals surface area contributed by atoms with Crippen molar-refractivity contribution in [3.63, 3.8) is 0 Å². The summed E-state index contributed by atoms with van der Waals surface area (Å²) in [7, 11) is -7.11. The molecule has 2 atom stereocenters. The maximum absolute atomic E-state index is 13.1. The van der Waals surface area contributed by atoms with E-state index in [0.717, 1.165) is 45.0 Å². The Balaban J connectivity index is 0.000000177. The van der Waals surface area contributed by atoms with Crippen molar-refractivity contribution in [3.05, 3.63) is 80.5 Å². The summed E-state index contributed by atoms with van der Waals surface area (Å²) in [5.74, 6) is -2.36. The zero-order valence-electron chi connectivity index (χ0n) is 30.8. The predicted molar refractivity (Wildman–Crippen MR) is 208 cm³/mol. The number of nitrogens with zero attached hydrogens (tertiary/aromatic N) is 2. The largest absolute Gasteiger partial charge is 0.454 e. The third-order valence-corrected chi connectivity index (χ3v) is 12.7. The highest BCUT2D eigenvalue weighted by atomic mass is 32.2. The van der Waals surface area contributed by atoms with Crippen molar-refractivity contribution in [2.45, 2.75) is 25.9 Å². The van der Waals surface area contributed by atoms with Gasteiger partial charge in [-0.2, -0.15) is 0 Å². The van der Waals surface area contributed by atoms with Crippen LogP contribution in [0.15, 0.2) is 47.2 Å². The van der Waals surface area contributed by atoms with Gasteiger partial charge < -0.3 is 29.6 Å². The lowest BCUT2D eigenvalue weighted by atomic mass is 10.1. The summed E-state index contributed by atoms with van der Waals surface area (Å²) in [6.07, 6.45) is 2.08. The Bertz CT molecular complexity index is 2490. The van der Waals surface area contributed by atoms with Crippen LogP contribution in [0.1, 0.15) is 78.5 Å². The van der Waals surface area contributed by atoms with Crippen LogP contribution in [0.5, 0.6) is 23.0 Å². The molecule has 22 heteroatoms. The van der Waals surface area contributed by atoms with Gasteiger partial charge in [-0.15, -0.1) is 22.7 Å². The molecular formula is C36H32N4O14S4. The molecule has 4 aliphatic heterocycles. The van der Waals surface area contributed by atoms with Gasteiger partial charge in [0, 0.05) is 37.1 Å². The molecule has 0 fully saturated rings. The number of fused-ring (bicyclic) bond motifs is 4. The molecule has 0 spiro atoms. The number of benzene rings is 2. The number of sulfone groups is 2. The van der Waals surface area contributed by atoms with Gasteiger partial charge in [-0.3, -0.25) is 38.6 Å². The first-order chi connectivity index (χ1) is 27.3. The molecule has 2 aromatic heterocycles. The van der Waals surface area contributed by atoms with E-state index >= 15 is 0 Å². The molecule has 4 aromatic rings. The van der Waals surface area contributed by atoms with Crippen LogP contribution in [0.4, 0.5) is 10.0 Å². The number of thiophene rings is 2. The normalized spacial score (nSPS) is 16.1. The van der Waals surface area contributed by atoms with Gasteiger partial charge in [0.05, 0.1) is 45.8 Å². The maximum atomic E-state index is 13.1. The van der Waals surface area contributed by atoms with Gasteiger partial charge in [-0.1, -0.05) is 12.1 Å². The summed E-state index contributed by atoms with van der Waals surface area (Å²) in [5.41, 5.74) is 1.29. The smallest absolute Gasteiger partial charge is 0.265 e. The van der Waals surface area contributed by atoms with Crippen molar-refractivity contribution in [1.29, 1.82) is 0 Å². The molecule has 0 saturated heterocycles. The second kappa shape index (κ2) is 15.2. The number of nitrogens with one attached hydrogen (secondary N) is 2. The predicted octanol–water partition coefficient (Wildman–Crippen LogP) is 3.63. The fourth-order valence-corrected chi connectivity index (χ4v) is 10.4. The van der Waals surface area contributed by atoms with Gasteiger partial charge in [-0.25, -0.2) is 16.8 Å². The Kier molecular flexibility index (Phi) is 10.5.